The molecule has 3 nitrogen and oxygen atoms in total. The number of hydrogen-bond donors (Lipinski definition) is 0. The van der Waals surface area contributed by atoms with E-state index in [2.05, 4.69) is 6.58 Å². The van der Waals surface area contributed by atoms with Crippen molar-refractivity contribution in [2.75, 3.05) is 13.3 Å². The van der Waals surface area contributed by atoms with Gasteiger partial charge < -0.3 is 0 Å². The zero-order valence-electron chi connectivity index (χ0n) is 9.32. The second-order valence-corrected chi connectivity index (χ2v) is 5.39. The summed E-state index contributed by atoms with van der Waals surface area (Å²) in [5.41, 5.74) is 1.01. The van der Waals surface area contributed by atoms with Crippen molar-refractivity contribution in [3.05, 3.63) is 24.3 Å². The third-order valence-electron chi connectivity index (χ3n) is 2.26. The predicted molar refractivity (Wildman–Crippen MR) is 60.6 cm³/mol. The lowest BCUT2D eigenvalue weighted by molar-refractivity contribution is 0.399. The third-order valence-corrected chi connectivity index (χ3v) is 3.56. The van der Waals surface area contributed by atoms with Gasteiger partial charge in [-0.3, -0.25) is 0 Å². The molecule has 14 heavy (non-hydrogen) atoms. The van der Waals surface area contributed by atoms with Gasteiger partial charge in [-0.15, -0.1) is 0 Å². The molecule has 0 N–H and O–H groups in total. The van der Waals surface area contributed by atoms with Gasteiger partial charge in [0.15, 0.2) is 0 Å². The summed E-state index contributed by atoms with van der Waals surface area (Å²) in [7, 11) is -1.52. The number of sulfonamides is 1. The Labute approximate surface area is 87.2 Å². The van der Waals surface area contributed by atoms with Crippen LogP contribution in [-0.4, -0.2) is 32.1 Å². The van der Waals surface area contributed by atoms with Crippen LogP contribution in [0.4, 0.5) is 0 Å². The van der Waals surface area contributed by atoms with Crippen molar-refractivity contribution < 1.29 is 8.42 Å². The van der Waals surface area contributed by atoms with Crippen LogP contribution in [-0.2, 0) is 10.0 Å². The Kier molecular flexibility index (Phi) is 5.08. The summed E-state index contributed by atoms with van der Waals surface area (Å²) in [4.78, 5) is 0. The first-order valence-electron chi connectivity index (χ1n) is 4.56. The molecule has 82 valence electrons. The summed E-state index contributed by atoms with van der Waals surface area (Å²) in [5, 5.41) is 0. The highest BCUT2D eigenvalue weighted by molar-refractivity contribution is 7.88. The van der Waals surface area contributed by atoms with Crippen LogP contribution >= 0.6 is 0 Å². The van der Waals surface area contributed by atoms with Crippen molar-refractivity contribution in [2.24, 2.45) is 0 Å². The van der Waals surface area contributed by atoms with Gasteiger partial charge in [0.25, 0.3) is 0 Å². The fourth-order valence-electron chi connectivity index (χ4n) is 1.39. The standard InChI is InChI=1S/C10H19NO2S/c1-6-8-9(3)10(7-2)11(4)14(5,12)13/h6,8,10H,1,7H2,2-5H3/t10-/m1/s1. The lowest BCUT2D eigenvalue weighted by atomic mass is 10.1. The molecule has 0 heterocycles. The Morgan fingerprint density at radius 1 is 1.57 bits per heavy atom. The number of hydrogen-bond acceptors (Lipinski definition) is 2. The summed E-state index contributed by atoms with van der Waals surface area (Å²) in [6.07, 6.45) is 5.50. The molecule has 0 radical (unpaired) electrons. The van der Waals surface area contributed by atoms with Crippen LogP contribution in [0.1, 0.15) is 20.3 Å². The van der Waals surface area contributed by atoms with Gasteiger partial charge in [0.05, 0.1) is 6.26 Å². The first-order valence-corrected chi connectivity index (χ1v) is 6.41. The molecule has 0 fully saturated rings. The fourth-order valence-corrected chi connectivity index (χ4v) is 2.17. The second-order valence-electron chi connectivity index (χ2n) is 3.35. The molecule has 0 aromatic carbocycles. The Balaban J connectivity index is 4.92. The lowest BCUT2D eigenvalue weighted by Gasteiger charge is -2.25. The van der Waals surface area contributed by atoms with E-state index in [1.807, 2.05) is 19.9 Å². The van der Waals surface area contributed by atoms with Crippen molar-refractivity contribution in [1.82, 2.24) is 4.31 Å². The summed E-state index contributed by atoms with van der Waals surface area (Å²) >= 11 is 0. The molecule has 0 rings (SSSR count). The van der Waals surface area contributed by atoms with Gasteiger partial charge in [0.2, 0.25) is 10.0 Å². The van der Waals surface area contributed by atoms with Gasteiger partial charge in [-0.05, 0) is 13.3 Å². The molecular formula is C10H19NO2S. The van der Waals surface area contributed by atoms with E-state index >= 15 is 0 Å². The van der Waals surface area contributed by atoms with Crippen LogP contribution in [0.2, 0.25) is 0 Å². The highest BCUT2D eigenvalue weighted by Crippen LogP contribution is 2.15. The largest absolute Gasteiger partial charge is 0.212 e. The monoisotopic (exact) mass is 217 g/mol. The van der Waals surface area contributed by atoms with E-state index < -0.39 is 10.0 Å². The van der Waals surface area contributed by atoms with Crippen molar-refractivity contribution in [3.63, 3.8) is 0 Å². The van der Waals surface area contributed by atoms with Crippen LogP contribution in [0.25, 0.3) is 0 Å². The van der Waals surface area contributed by atoms with Gasteiger partial charge in [-0.1, -0.05) is 31.2 Å². The van der Waals surface area contributed by atoms with Crippen molar-refractivity contribution in [2.45, 2.75) is 26.3 Å². The highest BCUT2D eigenvalue weighted by atomic mass is 32.2. The minimum absolute atomic E-state index is 0.0667. The molecule has 0 aliphatic heterocycles. The Morgan fingerprint density at radius 2 is 2.07 bits per heavy atom. The van der Waals surface area contributed by atoms with Crippen molar-refractivity contribution in [3.8, 4) is 0 Å². The van der Waals surface area contributed by atoms with E-state index in [4.69, 9.17) is 0 Å². The number of allylic oxidation sites excluding steroid dienone is 2. The third kappa shape index (κ3) is 3.64. The molecule has 0 saturated heterocycles. The maximum absolute atomic E-state index is 11.3. The van der Waals surface area contributed by atoms with Crippen LogP contribution in [0, 0.1) is 0 Å². The normalized spacial score (nSPS) is 15.6. The SMILES string of the molecule is C=CC=C(C)[C@@H](CC)N(C)S(C)(=O)=O. The molecule has 0 saturated carbocycles. The fraction of sp³-hybridized carbons (Fsp3) is 0.600. The molecular weight excluding hydrogens is 198 g/mol. The number of nitrogens with zero attached hydrogens (tertiary/aromatic N) is 1. The Morgan fingerprint density at radius 3 is 2.36 bits per heavy atom. The Bertz CT molecular complexity index is 317. The highest BCUT2D eigenvalue weighted by Gasteiger charge is 2.21. The Hall–Kier alpha value is -0.610. The predicted octanol–water partition coefficient (Wildman–Crippen LogP) is 1.79. The van der Waals surface area contributed by atoms with Gasteiger partial charge >= 0.3 is 0 Å². The molecule has 0 unspecified atom stereocenters. The molecule has 0 aliphatic carbocycles. The lowest BCUT2D eigenvalue weighted by Crippen LogP contribution is -2.36. The average molecular weight is 217 g/mol. The summed E-state index contributed by atoms with van der Waals surface area (Å²) in [6, 6.07) is -0.0667. The first kappa shape index (κ1) is 13.4. The molecule has 0 amide bonds. The molecule has 0 aromatic rings. The van der Waals surface area contributed by atoms with Gasteiger partial charge in [0, 0.05) is 13.1 Å². The quantitative estimate of drug-likeness (QED) is 0.658. The first-order chi connectivity index (χ1) is 6.34. The number of rotatable bonds is 5. The van der Waals surface area contributed by atoms with Crippen molar-refractivity contribution in [1.29, 1.82) is 0 Å². The molecule has 1 atom stereocenters. The van der Waals surface area contributed by atoms with Crippen LogP contribution in [0.3, 0.4) is 0 Å². The second kappa shape index (κ2) is 5.32. The van der Waals surface area contributed by atoms with E-state index in [-0.39, 0.29) is 6.04 Å². The minimum Gasteiger partial charge on any atom is -0.212 e. The summed E-state index contributed by atoms with van der Waals surface area (Å²) in [5.74, 6) is 0. The van der Waals surface area contributed by atoms with E-state index in [9.17, 15) is 8.42 Å². The molecule has 0 bridgehead atoms. The smallest absolute Gasteiger partial charge is 0.211 e. The van der Waals surface area contributed by atoms with E-state index in [0.29, 0.717) is 0 Å². The summed E-state index contributed by atoms with van der Waals surface area (Å²) in [6.45, 7) is 7.47. The topological polar surface area (TPSA) is 37.4 Å². The van der Waals surface area contributed by atoms with E-state index in [1.165, 1.54) is 10.6 Å². The maximum Gasteiger partial charge on any atom is 0.211 e. The van der Waals surface area contributed by atoms with Crippen LogP contribution in [0.5, 0.6) is 0 Å². The molecule has 0 aromatic heterocycles. The molecule has 0 spiro atoms. The average Bonchev–Trinajstić information content (AvgIpc) is 2.04. The van der Waals surface area contributed by atoms with Gasteiger partial charge in [-0.2, -0.15) is 4.31 Å². The molecule has 0 aliphatic rings. The molecule has 4 heteroatoms. The van der Waals surface area contributed by atoms with Gasteiger partial charge in [-0.25, -0.2) is 8.42 Å². The zero-order chi connectivity index (χ0) is 11.4. The van der Waals surface area contributed by atoms with E-state index in [0.717, 1.165) is 12.0 Å². The van der Waals surface area contributed by atoms with E-state index in [1.54, 1.807) is 13.1 Å². The summed E-state index contributed by atoms with van der Waals surface area (Å²) < 4.78 is 24.0. The zero-order valence-corrected chi connectivity index (χ0v) is 10.1. The van der Waals surface area contributed by atoms with Crippen LogP contribution < -0.4 is 0 Å². The maximum atomic E-state index is 11.3. The minimum atomic E-state index is -3.12. The van der Waals surface area contributed by atoms with Crippen LogP contribution in [0.15, 0.2) is 24.3 Å². The van der Waals surface area contributed by atoms with Gasteiger partial charge in [0.1, 0.15) is 0 Å². The van der Waals surface area contributed by atoms with Crippen molar-refractivity contribution >= 4 is 10.0 Å². The number of likely N-dealkylation sites (N-methyl/N-ethyl adjacent to an activating group) is 1.